The summed E-state index contributed by atoms with van der Waals surface area (Å²) in [6, 6.07) is 15.4. The van der Waals surface area contributed by atoms with Gasteiger partial charge in [-0.05, 0) is 52.3 Å². The summed E-state index contributed by atoms with van der Waals surface area (Å²) in [5.74, 6) is 0.0183. The highest BCUT2D eigenvalue weighted by atomic mass is 79.9. The second-order valence-electron chi connectivity index (χ2n) is 6.73. The molecule has 12 heteroatoms. The molecule has 0 saturated carbocycles. The summed E-state index contributed by atoms with van der Waals surface area (Å²) in [4.78, 5) is 25.4. The zero-order chi connectivity index (χ0) is 24.4. The van der Waals surface area contributed by atoms with Crippen molar-refractivity contribution < 1.29 is 19.0 Å². The molecule has 0 spiro atoms. The van der Waals surface area contributed by atoms with Crippen LogP contribution in [0.3, 0.4) is 0 Å². The first-order valence-corrected chi connectivity index (χ1v) is 10.9. The summed E-state index contributed by atoms with van der Waals surface area (Å²) >= 11 is 6.74. The van der Waals surface area contributed by atoms with Gasteiger partial charge in [0.2, 0.25) is 11.6 Å². The molecule has 0 atom stereocenters. The number of aromatic nitrogens is 1. The van der Waals surface area contributed by atoms with Gasteiger partial charge in [0.25, 0.3) is 5.69 Å². The van der Waals surface area contributed by atoms with Crippen LogP contribution in [0, 0.1) is 31.6 Å². The Morgan fingerprint density at radius 2 is 1.85 bits per heavy atom. The predicted molar refractivity (Wildman–Crippen MR) is 129 cm³/mol. The van der Waals surface area contributed by atoms with Crippen LogP contribution in [0.4, 0.5) is 11.4 Å². The first kappa shape index (κ1) is 23.1. The topological polar surface area (TPSA) is 145 Å². The van der Waals surface area contributed by atoms with Gasteiger partial charge in [-0.25, -0.2) is 4.98 Å². The van der Waals surface area contributed by atoms with Crippen molar-refractivity contribution in [2.75, 3.05) is 0 Å². The lowest BCUT2D eigenvalue weighted by molar-refractivity contribution is -0.394. The average Bonchev–Trinajstić information content (AvgIpc) is 3.23. The number of fused-ring (bicyclic) bond motifs is 1. The van der Waals surface area contributed by atoms with Gasteiger partial charge in [0.15, 0.2) is 5.58 Å². The third kappa shape index (κ3) is 4.66. The first-order valence-electron chi connectivity index (χ1n) is 9.34. The van der Waals surface area contributed by atoms with Gasteiger partial charge in [0.05, 0.1) is 20.4 Å². The molecule has 0 bridgehead atoms. The van der Waals surface area contributed by atoms with E-state index in [4.69, 9.17) is 9.15 Å². The predicted octanol–water partition coefficient (Wildman–Crippen LogP) is 7.03. The minimum absolute atomic E-state index is 0.0873. The van der Waals surface area contributed by atoms with E-state index < -0.39 is 21.2 Å². The fourth-order valence-corrected chi connectivity index (χ4v) is 4.38. The molecule has 0 saturated heterocycles. The molecule has 0 aliphatic carbocycles. The maximum atomic E-state index is 11.5. The summed E-state index contributed by atoms with van der Waals surface area (Å²) in [6.07, 6.45) is 1.47. The Bertz CT molecular complexity index is 1510. The van der Waals surface area contributed by atoms with E-state index in [1.54, 1.807) is 36.4 Å². The summed E-state index contributed by atoms with van der Waals surface area (Å²) in [6.45, 7) is 0. The van der Waals surface area contributed by atoms with E-state index in [1.165, 1.54) is 6.08 Å². The van der Waals surface area contributed by atoms with Gasteiger partial charge in [-0.1, -0.05) is 28.1 Å². The number of hydrogen-bond donors (Lipinski definition) is 0. The highest BCUT2D eigenvalue weighted by Crippen LogP contribution is 2.41. The third-order valence-electron chi connectivity index (χ3n) is 4.54. The van der Waals surface area contributed by atoms with Gasteiger partial charge in [0, 0.05) is 16.1 Å². The molecule has 0 aliphatic rings. The van der Waals surface area contributed by atoms with Crippen molar-refractivity contribution in [1.82, 2.24) is 4.98 Å². The molecule has 10 nitrogen and oxygen atoms in total. The zero-order valence-electron chi connectivity index (χ0n) is 16.8. The number of benzene rings is 3. The first-order chi connectivity index (χ1) is 16.3. The molecule has 4 rings (SSSR count). The van der Waals surface area contributed by atoms with Crippen LogP contribution in [0.5, 0.6) is 11.5 Å². The van der Waals surface area contributed by atoms with Gasteiger partial charge in [0.1, 0.15) is 22.9 Å². The summed E-state index contributed by atoms with van der Waals surface area (Å²) < 4.78 is 12.5. The third-order valence-corrected chi connectivity index (χ3v) is 5.59. The fraction of sp³-hybridized carbons (Fsp3) is 0. The lowest BCUT2D eigenvalue weighted by atomic mass is 10.1. The van der Waals surface area contributed by atoms with E-state index in [-0.39, 0.29) is 23.0 Å². The summed E-state index contributed by atoms with van der Waals surface area (Å²) in [5, 5.41) is 32.3. The van der Waals surface area contributed by atoms with Crippen LogP contribution in [-0.2, 0) is 0 Å². The van der Waals surface area contributed by atoms with Gasteiger partial charge < -0.3 is 9.15 Å². The van der Waals surface area contributed by atoms with E-state index in [9.17, 15) is 25.5 Å². The van der Waals surface area contributed by atoms with Crippen LogP contribution in [0.25, 0.3) is 22.7 Å². The Kier molecular flexibility index (Phi) is 6.40. The lowest BCUT2D eigenvalue weighted by Gasteiger charge is -2.12. The van der Waals surface area contributed by atoms with Crippen molar-refractivity contribution in [3.8, 4) is 17.6 Å². The number of nitro benzene ring substituents is 2. The second-order valence-corrected chi connectivity index (χ2v) is 8.50. The van der Waals surface area contributed by atoms with E-state index in [0.29, 0.717) is 25.6 Å². The number of hydrogen-bond acceptors (Lipinski definition) is 8. The average molecular weight is 586 g/mol. The molecule has 0 fully saturated rings. The molecule has 0 N–H and O–H groups in total. The summed E-state index contributed by atoms with van der Waals surface area (Å²) in [5.41, 5.74) is 0.506. The quantitative estimate of drug-likeness (QED) is 0.133. The Morgan fingerprint density at radius 1 is 1.09 bits per heavy atom. The smallest absolute Gasteiger partial charge is 0.318 e. The monoisotopic (exact) mass is 584 g/mol. The standard InChI is InChI=1S/C22H10Br2N4O6/c23-14-8-12(7-13(11-25)22-26-17-3-1-2-4-19(17)34-22)21(16(24)9-14)33-20-6-5-15(27(29)30)10-18(20)28(31)32/h1-10H/b13-7+. The molecule has 3 aromatic carbocycles. The molecule has 1 heterocycles. The van der Waals surface area contributed by atoms with Crippen LogP contribution < -0.4 is 4.74 Å². The molecule has 0 radical (unpaired) electrons. The van der Waals surface area contributed by atoms with Crippen molar-refractivity contribution in [2.45, 2.75) is 0 Å². The number of ether oxygens (including phenoxy) is 1. The van der Waals surface area contributed by atoms with Crippen LogP contribution in [0.15, 0.2) is 68.0 Å². The molecule has 0 unspecified atom stereocenters. The highest BCUT2D eigenvalue weighted by Gasteiger charge is 2.23. The van der Waals surface area contributed by atoms with Crippen molar-refractivity contribution in [2.24, 2.45) is 0 Å². The Hall–Kier alpha value is -4.08. The Balaban J connectivity index is 1.83. The van der Waals surface area contributed by atoms with Crippen molar-refractivity contribution in [1.29, 1.82) is 5.26 Å². The molecule has 1 aromatic heterocycles. The number of allylic oxidation sites excluding steroid dienone is 1. The molecule has 168 valence electrons. The number of para-hydroxylation sites is 2. The van der Waals surface area contributed by atoms with Crippen molar-refractivity contribution in [3.05, 3.63) is 95.2 Å². The minimum Gasteiger partial charge on any atom is -0.448 e. The number of nitriles is 1. The van der Waals surface area contributed by atoms with E-state index in [1.807, 2.05) is 6.07 Å². The zero-order valence-corrected chi connectivity index (χ0v) is 19.9. The molecule has 34 heavy (non-hydrogen) atoms. The van der Waals surface area contributed by atoms with Crippen LogP contribution >= 0.6 is 31.9 Å². The Morgan fingerprint density at radius 3 is 2.53 bits per heavy atom. The van der Waals surface area contributed by atoms with Gasteiger partial charge >= 0.3 is 5.69 Å². The second kappa shape index (κ2) is 9.42. The number of oxazole rings is 1. The van der Waals surface area contributed by atoms with E-state index in [2.05, 4.69) is 36.8 Å². The van der Waals surface area contributed by atoms with Crippen LogP contribution in [0.1, 0.15) is 11.5 Å². The maximum Gasteiger partial charge on any atom is 0.318 e. The van der Waals surface area contributed by atoms with E-state index in [0.717, 1.165) is 18.2 Å². The van der Waals surface area contributed by atoms with Crippen LogP contribution in [-0.4, -0.2) is 14.8 Å². The largest absolute Gasteiger partial charge is 0.448 e. The normalized spacial score (nSPS) is 11.3. The minimum atomic E-state index is -0.774. The number of nitrogens with zero attached hydrogens (tertiary/aromatic N) is 4. The number of halogens is 2. The molecule has 0 amide bonds. The van der Waals surface area contributed by atoms with Crippen molar-refractivity contribution in [3.63, 3.8) is 0 Å². The lowest BCUT2D eigenvalue weighted by Crippen LogP contribution is -1.97. The van der Waals surface area contributed by atoms with Gasteiger partial charge in [-0.15, -0.1) is 0 Å². The SMILES string of the molecule is N#C/C(=C\c1cc(Br)cc(Br)c1Oc1ccc([N+](=O)[O-])cc1[N+](=O)[O-])c1nc2ccccc2o1. The van der Waals surface area contributed by atoms with Crippen LogP contribution in [0.2, 0.25) is 0 Å². The van der Waals surface area contributed by atoms with Crippen molar-refractivity contribution >= 4 is 66.0 Å². The fourth-order valence-electron chi connectivity index (χ4n) is 3.04. The summed E-state index contributed by atoms with van der Waals surface area (Å²) in [7, 11) is 0. The molecular formula is C22H10Br2N4O6. The number of nitro groups is 2. The number of non-ortho nitro benzene ring substituents is 1. The van der Waals surface area contributed by atoms with E-state index >= 15 is 0 Å². The number of rotatable bonds is 6. The highest BCUT2D eigenvalue weighted by molar-refractivity contribution is 9.11. The molecular weight excluding hydrogens is 576 g/mol. The van der Waals surface area contributed by atoms with Gasteiger partial charge in [-0.2, -0.15) is 5.26 Å². The molecule has 4 aromatic rings. The molecule has 0 aliphatic heterocycles. The maximum absolute atomic E-state index is 11.5. The Labute approximate surface area is 207 Å². The van der Waals surface area contributed by atoms with Gasteiger partial charge in [-0.3, -0.25) is 20.2 Å².